The van der Waals surface area contributed by atoms with Crippen molar-refractivity contribution in [1.29, 1.82) is 0 Å². The summed E-state index contributed by atoms with van der Waals surface area (Å²) in [6, 6.07) is 16.8. The lowest BCUT2D eigenvalue weighted by Crippen LogP contribution is -2.46. The number of para-hydroxylation sites is 2. The minimum atomic E-state index is -1.12. The number of nitrogens with zero attached hydrogens (tertiary/aromatic N) is 1. The molecule has 0 unspecified atom stereocenters. The average Bonchev–Trinajstić information content (AvgIpc) is 3.24. The van der Waals surface area contributed by atoms with Crippen LogP contribution in [0.5, 0.6) is 0 Å². The minimum Gasteiger partial charge on any atom is -0.481 e. The first-order valence-corrected chi connectivity index (χ1v) is 8.52. The van der Waals surface area contributed by atoms with Crippen molar-refractivity contribution in [3.63, 3.8) is 0 Å². The Hall–Kier alpha value is -3.61. The zero-order chi connectivity index (χ0) is 19.0. The number of nitrogens with one attached hydrogen (secondary N) is 2. The summed E-state index contributed by atoms with van der Waals surface area (Å²) < 4.78 is 0. The van der Waals surface area contributed by atoms with E-state index in [0.717, 1.165) is 10.9 Å². The predicted octanol–water partition coefficient (Wildman–Crippen LogP) is 2.01. The van der Waals surface area contributed by atoms with E-state index in [4.69, 9.17) is 0 Å². The number of aliphatic carboxylic acids is 1. The highest BCUT2D eigenvalue weighted by Crippen LogP contribution is 2.26. The van der Waals surface area contributed by atoms with Gasteiger partial charge >= 0.3 is 5.97 Å². The number of rotatable bonds is 4. The Balaban J connectivity index is 1.59. The van der Waals surface area contributed by atoms with Gasteiger partial charge in [-0.15, -0.1) is 0 Å². The Kier molecular flexibility index (Phi) is 4.12. The summed E-state index contributed by atoms with van der Waals surface area (Å²) in [6.07, 6.45) is 0. The molecule has 0 bridgehead atoms. The van der Waals surface area contributed by atoms with Gasteiger partial charge in [0.15, 0.2) is 0 Å². The minimum absolute atomic E-state index is 0.00975. The van der Waals surface area contributed by atoms with Crippen molar-refractivity contribution in [2.75, 3.05) is 11.4 Å². The van der Waals surface area contributed by atoms with E-state index >= 15 is 0 Å². The van der Waals surface area contributed by atoms with Gasteiger partial charge in [-0.1, -0.05) is 36.4 Å². The van der Waals surface area contributed by atoms with Crippen LogP contribution in [0.25, 0.3) is 10.9 Å². The van der Waals surface area contributed by atoms with Crippen molar-refractivity contribution in [3.8, 4) is 0 Å². The van der Waals surface area contributed by atoms with Crippen molar-refractivity contribution in [3.05, 3.63) is 66.4 Å². The van der Waals surface area contributed by atoms with Crippen LogP contribution >= 0.6 is 0 Å². The summed E-state index contributed by atoms with van der Waals surface area (Å²) in [5.74, 6) is -3.08. The van der Waals surface area contributed by atoms with E-state index in [1.165, 1.54) is 4.90 Å². The van der Waals surface area contributed by atoms with E-state index in [-0.39, 0.29) is 12.2 Å². The maximum atomic E-state index is 12.8. The predicted molar refractivity (Wildman–Crippen MR) is 99.5 cm³/mol. The lowest BCUT2D eigenvalue weighted by atomic mass is 10.0. The number of anilines is 1. The molecule has 0 spiro atoms. The van der Waals surface area contributed by atoms with Crippen LogP contribution in [-0.2, 0) is 9.59 Å². The molecule has 0 aliphatic carbocycles. The maximum Gasteiger partial charge on any atom is 0.310 e. The molecule has 0 saturated carbocycles. The molecular formula is C20H17N3O4. The number of fused-ring (bicyclic) bond motifs is 1. The molecule has 7 nitrogen and oxygen atoms in total. The first kappa shape index (κ1) is 16.8. The van der Waals surface area contributed by atoms with E-state index in [9.17, 15) is 19.5 Å². The molecule has 136 valence electrons. The van der Waals surface area contributed by atoms with E-state index < -0.39 is 29.7 Å². The number of H-pyrrole nitrogens is 1. The second-order valence-corrected chi connectivity index (χ2v) is 6.45. The number of hydrogen-bond donors (Lipinski definition) is 3. The Labute approximate surface area is 154 Å². The molecule has 2 atom stereocenters. The van der Waals surface area contributed by atoms with Gasteiger partial charge in [0.1, 0.15) is 17.7 Å². The molecular weight excluding hydrogens is 346 g/mol. The molecule has 1 aliphatic heterocycles. The quantitative estimate of drug-likeness (QED) is 0.660. The van der Waals surface area contributed by atoms with Gasteiger partial charge in [0.2, 0.25) is 0 Å². The van der Waals surface area contributed by atoms with Crippen LogP contribution in [0, 0.1) is 5.92 Å². The molecule has 3 aromatic rings. The van der Waals surface area contributed by atoms with Crippen molar-refractivity contribution in [1.82, 2.24) is 10.3 Å². The number of carboxylic acids is 1. The van der Waals surface area contributed by atoms with Crippen LogP contribution in [0.1, 0.15) is 10.5 Å². The van der Waals surface area contributed by atoms with Gasteiger partial charge in [0.05, 0.1) is 0 Å². The van der Waals surface area contributed by atoms with Crippen molar-refractivity contribution in [2.24, 2.45) is 5.92 Å². The molecule has 27 heavy (non-hydrogen) atoms. The van der Waals surface area contributed by atoms with E-state index in [2.05, 4.69) is 10.3 Å². The van der Waals surface area contributed by atoms with Crippen LogP contribution in [0.15, 0.2) is 60.7 Å². The molecule has 3 N–H and O–H groups in total. The number of hydrogen-bond acceptors (Lipinski definition) is 3. The van der Waals surface area contributed by atoms with Crippen LogP contribution in [0.2, 0.25) is 0 Å². The summed E-state index contributed by atoms with van der Waals surface area (Å²) in [5.41, 5.74) is 1.68. The van der Waals surface area contributed by atoms with Gasteiger partial charge in [-0.25, -0.2) is 0 Å². The fourth-order valence-electron chi connectivity index (χ4n) is 3.37. The number of aromatic nitrogens is 1. The topological polar surface area (TPSA) is 102 Å². The lowest BCUT2D eigenvalue weighted by Gasteiger charge is -2.16. The number of benzene rings is 2. The zero-order valence-electron chi connectivity index (χ0n) is 14.3. The molecule has 2 amide bonds. The van der Waals surface area contributed by atoms with Crippen molar-refractivity contribution >= 4 is 34.4 Å². The highest BCUT2D eigenvalue weighted by Gasteiger charge is 2.46. The largest absolute Gasteiger partial charge is 0.481 e. The lowest BCUT2D eigenvalue weighted by molar-refractivity contribution is -0.142. The summed E-state index contributed by atoms with van der Waals surface area (Å²) in [5, 5.41) is 13.0. The first-order chi connectivity index (χ1) is 13.0. The summed E-state index contributed by atoms with van der Waals surface area (Å²) in [7, 11) is 0. The third-order valence-corrected chi connectivity index (χ3v) is 4.76. The standard InChI is InChI=1S/C20H17N3O4/c24-18(16-10-12-6-4-5-9-15(12)21-16)22-17-14(20(26)27)11-23(19(17)25)13-7-2-1-3-8-13/h1-10,14,17,21H,11H2,(H,22,24)(H,26,27)/t14-,17-/m1/s1. The number of amides is 2. The summed E-state index contributed by atoms with van der Waals surface area (Å²) in [6.45, 7) is 0.00975. The third kappa shape index (κ3) is 3.03. The zero-order valence-corrected chi connectivity index (χ0v) is 14.3. The molecule has 1 aromatic heterocycles. The van der Waals surface area contributed by atoms with Gasteiger partial charge in [-0.3, -0.25) is 14.4 Å². The molecule has 1 aliphatic rings. The summed E-state index contributed by atoms with van der Waals surface area (Å²) in [4.78, 5) is 41.5. The van der Waals surface area contributed by atoms with Crippen LogP contribution in [0.3, 0.4) is 0 Å². The van der Waals surface area contributed by atoms with E-state index in [1.54, 1.807) is 30.3 Å². The molecule has 0 radical (unpaired) electrons. The molecule has 2 heterocycles. The highest BCUT2D eigenvalue weighted by molar-refractivity contribution is 6.07. The highest BCUT2D eigenvalue weighted by atomic mass is 16.4. The Morgan fingerprint density at radius 1 is 1.07 bits per heavy atom. The van der Waals surface area contributed by atoms with Gasteiger partial charge < -0.3 is 20.3 Å². The molecule has 7 heteroatoms. The molecule has 4 rings (SSSR count). The van der Waals surface area contributed by atoms with E-state index in [1.807, 2.05) is 30.3 Å². The fourth-order valence-corrected chi connectivity index (χ4v) is 3.37. The number of carbonyl (C=O) groups is 3. The van der Waals surface area contributed by atoms with Crippen LogP contribution < -0.4 is 10.2 Å². The van der Waals surface area contributed by atoms with Crippen LogP contribution in [-0.4, -0.2) is 40.5 Å². The molecule has 1 saturated heterocycles. The van der Waals surface area contributed by atoms with Crippen LogP contribution in [0.4, 0.5) is 5.69 Å². The van der Waals surface area contributed by atoms with Gasteiger partial charge in [-0.05, 0) is 24.3 Å². The van der Waals surface area contributed by atoms with Gasteiger partial charge in [0, 0.05) is 23.1 Å². The summed E-state index contributed by atoms with van der Waals surface area (Å²) >= 11 is 0. The normalized spacial score (nSPS) is 19.4. The second-order valence-electron chi connectivity index (χ2n) is 6.45. The SMILES string of the molecule is O=C(N[C@H]1C(=O)N(c2ccccc2)C[C@H]1C(=O)O)c1cc2ccccc2[nH]1. The number of aromatic amines is 1. The second kappa shape index (κ2) is 6.60. The fraction of sp³-hybridized carbons (Fsp3) is 0.150. The molecule has 1 fully saturated rings. The van der Waals surface area contributed by atoms with Gasteiger partial charge in [-0.2, -0.15) is 0 Å². The number of carboxylic acid groups (broad SMARTS) is 1. The average molecular weight is 363 g/mol. The molecule has 2 aromatic carbocycles. The maximum absolute atomic E-state index is 12.8. The third-order valence-electron chi connectivity index (χ3n) is 4.76. The van der Waals surface area contributed by atoms with Crippen molar-refractivity contribution < 1.29 is 19.5 Å². The van der Waals surface area contributed by atoms with Crippen molar-refractivity contribution in [2.45, 2.75) is 6.04 Å². The first-order valence-electron chi connectivity index (χ1n) is 8.52. The number of carbonyl (C=O) groups excluding carboxylic acids is 2. The van der Waals surface area contributed by atoms with E-state index in [0.29, 0.717) is 5.69 Å². The monoisotopic (exact) mass is 363 g/mol. The van der Waals surface area contributed by atoms with Gasteiger partial charge in [0.25, 0.3) is 11.8 Å². The Morgan fingerprint density at radius 3 is 2.48 bits per heavy atom. The Bertz CT molecular complexity index is 995. The Morgan fingerprint density at radius 2 is 1.78 bits per heavy atom. The smallest absolute Gasteiger partial charge is 0.310 e.